The molecule has 1 heteroatoms. The van der Waals surface area contributed by atoms with Crippen LogP contribution in [0, 0.1) is 17.7 Å². The number of rotatable bonds is 11. The minimum Gasteiger partial charge on any atom is -0.206 e. The fraction of sp³-hybridized carbons (Fsp3) is 0.641. The largest absolute Gasteiger partial charge is 0.206 e. The summed E-state index contributed by atoms with van der Waals surface area (Å²) in [6.07, 6.45) is 25.8. The second kappa shape index (κ2) is 14.8. The van der Waals surface area contributed by atoms with Crippen LogP contribution in [0.3, 0.4) is 0 Å². The van der Waals surface area contributed by atoms with Crippen LogP contribution in [0.4, 0.5) is 4.39 Å². The smallest absolute Gasteiger partial charge is 0.130 e. The molecule has 0 radical (unpaired) electrons. The number of allylic oxidation sites excluding steroid dienone is 2. The Morgan fingerprint density at radius 3 is 1.70 bits per heavy atom. The molecule has 0 N–H and O–H groups in total. The van der Waals surface area contributed by atoms with Crippen LogP contribution >= 0.6 is 0 Å². The predicted molar refractivity (Wildman–Crippen MR) is 170 cm³/mol. The van der Waals surface area contributed by atoms with Crippen molar-refractivity contribution in [2.24, 2.45) is 11.8 Å². The van der Waals surface area contributed by atoms with Gasteiger partial charge in [0.25, 0.3) is 0 Å². The van der Waals surface area contributed by atoms with E-state index in [1.54, 1.807) is 5.56 Å². The summed E-state index contributed by atoms with van der Waals surface area (Å²) in [7, 11) is 0. The summed E-state index contributed by atoms with van der Waals surface area (Å²) in [4.78, 5) is 0. The van der Waals surface area contributed by atoms with Crippen LogP contribution in [-0.2, 0) is 0 Å². The lowest BCUT2D eigenvalue weighted by atomic mass is 9.76. The zero-order valence-electron chi connectivity index (χ0n) is 25.6. The van der Waals surface area contributed by atoms with Crippen molar-refractivity contribution in [3.8, 4) is 0 Å². The fourth-order valence-electron chi connectivity index (χ4n) is 8.21. The van der Waals surface area contributed by atoms with E-state index in [0.717, 1.165) is 42.6 Å². The van der Waals surface area contributed by atoms with Gasteiger partial charge in [0.15, 0.2) is 0 Å². The van der Waals surface area contributed by atoms with Crippen LogP contribution < -0.4 is 0 Å². The van der Waals surface area contributed by atoms with Gasteiger partial charge in [-0.3, -0.25) is 0 Å². The highest BCUT2D eigenvalue weighted by Gasteiger charge is 2.25. The van der Waals surface area contributed by atoms with Crippen molar-refractivity contribution in [1.29, 1.82) is 0 Å². The first-order valence-corrected chi connectivity index (χ1v) is 17.2. The second-order valence-electron chi connectivity index (χ2n) is 13.7. The summed E-state index contributed by atoms with van der Waals surface area (Å²) >= 11 is 0. The Morgan fingerprint density at radius 1 is 0.600 bits per heavy atom. The molecule has 0 saturated heterocycles. The molecule has 0 spiro atoms. The Bertz CT molecular complexity index is 1060. The summed E-state index contributed by atoms with van der Waals surface area (Å²) in [6, 6.07) is 15.8. The maximum absolute atomic E-state index is 15.4. The Hall–Kier alpha value is -1.89. The summed E-state index contributed by atoms with van der Waals surface area (Å²) < 4.78 is 15.4. The molecule has 3 aliphatic carbocycles. The standard InChI is InChI=1S/C39H55F/c1-3-5-7-9-30-12-16-35(17-13-30)37-26-27-38(39(40)28-37)36-24-22-34(23-25-36)33-20-18-32(19-21-33)31-14-10-29(11-15-31)8-6-4-2/h18-21,24,26-31,34-35H,3-17,22-23,25H2,1-2H3. The number of unbranched alkanes of at least 4 members (excludes halogenated alkanes) is 3. The van der Waals surface area contributed by atoms with E-state index in [2.05, 4.69) is 56.3 Å². The van der Waals surface area contributed by atoms with Crippen LogP contribution in [0.25, 0.3) is 5.57 Å². The Morgan fingerprint density at radius 2 is 1.15 bits per heavy atom. The van der Waals surface area contributed by atoms with E-state index in [1.165, 1.54) is 113 Å². The van der Waals surface area contributed by atoms with Crippen LogP contribution in [0.2, 0.25) is 0 Å². The lowest BCUT2D eigenvalue weighted by Crippen LogP contribution is -2.14. The van der Waals surface area contributed by atoms with Gasteiger partial charge in [-0.15, -0.1) is 0 Å². The molecule has 2 aromatic carbocycles. The molecule has 2 fully saturated rings. The molecule has 2 aromatic rings. The summed E-state index contributed by atoms with van der Waals surface area (Å²) in [5.41, 5.74) is 6.32. The van der Waals surface area contributed by atoms with Gasteiger partial charge in [-0.2, -0.15) is 0 Å². The van der Waals surface area contributed by atoms with Crippen molar-refractivity contribution in [3.05, 3.63) is 76.6 Å². The molecule has 3 aliphatic rings. The van der Waals surface area contributed by atoms with Gasteiger partial charge >= 0.3 is 0 Å². The maximum atomic E-state index is 15.4. The molecular formula is C39H55F. The Kier molecular flexibility index (Phi) is 11.0. The summed E-state index contributed by atoms with van der Waals surface area (Å²) in [5, 5.41) is 0. The molecule has 2 saturated carbocycles. The van der Waals surface area contributed by atoms with Crippen molar-refractivity contribution in [2.45, 2.75) is 147 Å². The van der Waals surface area contributed by atoms with E-state index >= 15 is 4.39 Å². The zero-order valence-corrected chi connectivity index (χ0v) is 25.6. The van der Waals surface area contributed by atoms with Crippen molar-refractivity contribution in [2.75, 3.05) is 0 Å². The molecule has 218 valence electrons. The average Bonchev–Trinajstić information content (AvgIpc) is 3.01. The molecule has 0 bridgehead atoms. The quantitative estimate of drug-likeness (QED) is 0.248. The number of hydrogen-bond donors (Lipinski definition) is 0. The first-order valence-electron chi connectivity index (χ1n) is 17.2. The molecule has 1 atom stereocenters. The first-order chi connectivity index (χ1) is 19.6. The van der Waals surface area contributed by atoms with Gasteiger partial charge < -0.3 is 0 Å². The highest BCUT2D eigenvalue weighted by atomic mass is 19.1. The molecule has 0 aromatic heterocycles. The molecule has 40 heavy (non-hydrogen) atoms. The third kappa shape index (κ3) is 7.68. The van der Waals surface area contributed by atoms with Crippen LogP contribution in [0.15, 0.2) is 48.5 Å². The predicted octanol–water partition coefficient (Wildman–Crippen LogP) is 12.5. The van der Waals surface area contributed by atoms with Crippen molar-refractivity contribution in [3.63, 3.8) is 0 Å². The van der Waals surface area contributed by atoms with E-state index in [-0.39, 0.29) is 5.82 Å². The molecule has 0 nitrogen and oxygen atoms in total. The molecule has 1 unspecified atom stereocenters. The second-order valence-corrected chi connectivity index (χ2v) is 13.7. The molecular weight excluding hydrogens is 487 g/mol. The van der Waals surface area contributed by atoms with Crippen molar-refractivity contribution in [1.82, 2.24) is 0 Å². The SMILES string of the molecule is CCCCCC1CCC(c2ccc(C3=CCC(c4ccc(C5CCC(CCCC)CC5)cc4)CC3)c(F)c2)CC1. The minimum absolute atomic E-state index is 0.000961. The van der Waals surface area contributed by atoms with Gasteiger partial charge in [-0.05, 0) is 129 Å². The van der Waals surface area contributed by atoms with Gasteiger partial charge in [0.05, 0.1) is 0 Å². The van der Waals surface area contributed by atoms with E-state index in [9.17, 15) is 0 Å². The number of hydrogen-bond acceptors (Lipinski definition) is 0. The number of halogens is 1. The van der Waals surface area contributed by atoms with Gasteiger partial charge in [-0.25, -0.2) is 4.39 Å². The first kappa shape index (κ1) is 29.6. The molecule has 0 amide bonds. The summed E-state index contributed by atoms with van der Waals surface area (Å²) in [6.45, 7) is 4.60. The highest BCUT2D eigenvalue weighted by Crippen LogP contribution is 2.42. The number of benzene rings is 2. The maximum Gasteiger partial charge on any atom is 0.130 e. The minimum atomic E-state index is 0.000961. The lowest BCUT2D eigenvalue weighted by Gasteiger charge is -2.29. The van der Waals surface area contributed by atoms with Crippen LogP contribution in [-0.4, -0.2) is 0 Å². The molecule has 0 heterocycles. The van der Waals surface area contributed by atoms with E-state index in [1.807, 2.05) is 6.07 Å². The van der Waals surface area contributed by atoms with Gasteiger partial charge in [0.2, 0.25) is 0 Å². The van der Waals surface area contributed by atoms with Gasteiger partial charge in [0.1, 0.15) is 5.82 Å². The molecule has 5 rings (SSSR count). The van der Waals surface area contributed by atoms with Gasteiger partial charge in [-0.1, -0.05) is 101 Å². The zero-order chi connectivity index (χ0) is 27.7. The normalized spacial score (nSPS) is 27.4. The van der Waals surface area contributed by atoms with E-state index < -0.39 is 0 Å². The third-order valence-corrected chi connectivity index (χ3v) is 11.0. The van der Waals surface area contributed by atoms with E-state index in [4.69, 9.17) is 0 Å². The van der Waals surface area contributed by atoms with Crippen LogP contribution in [0.5, 0.6) is 0 Å². The highest BCUT2D eigenvalue weighted by molar-refractivity contribution is 5.67. The monoisotopic (exact) mass is 542 g/mol. The van der Waals surface area contributed by atoms with Crippen LogP contribution in [0.1, 0.15) is 169 Å². The fourth-order valence-corrected chi connectivity index (χ4v) is 8.21. The summed E-state index contributed by atoms with van der Waals surface area (Å²) in [5.74, 6) is 3.75. The average molecular weight is 543 g/mol. The van der Waals surface area contributed by atoms with Crippen molar-refractivity contribution < 1.29 is 4.39 Å². The van der Waals surface area contributed by atoms with Crippen molar-refractivity contribution >= 4 is 5.57 Å². The third-order valence-electron chi connectivity index (χ3n) is 11.0. The Labute approximate surface area is 245 Å². The van der Waals surface area contributed by atoms with Gasteiger partial charge in [0, 0.05) is 5.56 Å². The topological polar surface area (TPSA) is 0 Å². The lowest BCUT2D eigenvalue weighted by molar-refractivity contribution is 0.302. The van der Waals surface area contributed by atoms with E-state index in [0.29, 0.717) is 11.8 Å². The Balaban J connectivity index is 1.12. The molecule has 0 aliphatic heterocycles.